The van der Waals surface area contributed by atoms with Crippen LogP contribution in [-0.4, -0.2) is 40.2 Å². The van der Waals surface area contributed by atoms with E-state index in [1.165, 1.54) is 6.07 Å². The van der Waals surface area contributed by atoms with Gasteiger partial charge in [0.15, 0.2) is 5.89 Å². The average Bonchev–Trinajstić information content (AvgIpc) is 3.04. The van der Waals surface area contributed by atoms with Crippen LogP contribution in [0.1, 0.15) is 22.9 Å². The van der Waals surface area contributed by atoms with Crippen molar-refractivity contribution in [2.45, 2.75) is 26.8 Å². The summed E-state index contributed by atoms with van der Waals surface area (Å²) >= 11 is 5.91. The number of rotatable bonds is 9. The molecule has 8 nitrogen and oxygen atoms in total. The number of carboxylic acid groups (broad SMARTS) is 1. The van der Waals surface area contributed by atoms with Crippen molar-refractivity contribution in [3.8, 4) is 11.5 Å². The van der Waals surface area contributed by atoms with Crippen LogP contribution in [0.15, 0.2) is 52.9 Å². The number of aliphatic carboxylic acids is 1. The van der Waals surface area contributed by atoms with E-state index < -0.39 is 18.6 Å². The van der Waals surface area contributed by atoms with Gasteiger partial charge >= 0.3 is 12.1 Å². The molecule has 3 aromatic rings. The molecule has 1 aromatic heterocycles. The number of nitrogens with zero attached hydrogens (tertiary/aromatic N) is 2. The molecule has 9 heteroatoms. The van der Waals surface area contributed by atoms with Crippen LogP contribution in [0.5, 0.6) is 11.5 Å². The van der Waals surface area contributed by atoms with E-state index in [1.54, 1.807) is 49.4 Å². The van der Waals surface area contributed by atoms with E-state index >= 15 is 0 Å². The van der Waals surface area contributed by atoms with Gasteiger partial charge in [0.2, 0.25) is 0 Å². The van der Waals surface area contributed by atoms with Crippen LogP contribution in [0.2, 0.25) is 5.02 Å². The van der Waals surface area contributed by atoms with Crippen LogP contribution in [0.4, 0.5) is 4.79 Å². The number of carboxylic acids is 1. The summed E-state index contributed by atoms with van der Waals surface area (Å²) in [6.07, 6.45) is -0.206. The molecule has 0 fully saturated rings. The van der Waals surface area contributed by atoms with Crippen molar-refractivity contribution in [2.24, 2.45) is 0 Å². The van der Waals surface area contributed by atoms with Crippen molar-refractivity contribution in [3.05, 3.63) is 76.5 Å². The largest absolute Gasteiger partial charge is 0.493 e. The highest BCUT2D eigenvalue weighted by Crippen LogP contribution is 2.20. The maximum atomic E-state index is 12.6. The zero-order valence-electron chi connectivity index (χ0n) is 17.7. The zero-order valence-corrected chi connectivity index (χ0v) is 18.5. The predicted octanol–water partition coefficient (Wildman–Crippen LogP) is 4.65. The number of oxazole rings is 1. The van der Waals surface area contributed by atoms with Crippen LogP contribution in [-0.2, 0) is 17.8 Å². The predicted molar refractivity (Wildman–Crippen MR) is 117 cm³/mol. The molecule has 0 aliphatic rings. The van der Waals surface area contributed by atoms with Gasteiger partial charge < -0.3 is 19.0 Å². The van der Waals surface area contributed by atoms with Crippen LogP contribution >= 0.6 is 11.6 Å². The maximum absolute atomic E-state index is 12.6. The number of carbonyl (C=O) groups excluding carboxylic acids is 1. The molecule has 0 saturated carbocycles. The lowest BCUT2D eigenvalue weighted by Gasteiger charge is -2.20. The number of ether oxygens (including phenoxy) is 2. The van der Waals surface area contributed by atoms with Gasteiger partial charge in [0.05, 0.1) is 12.3 Å². The molecule has 1 N–H and O–H groups in total. The number of hydrogen-bond acceptors (Lipinski definition) is 6. The van der Waals surface area contributed by atoms with Crippen LogP contribution in [0.25, 0.3) is 0 Å². The minimum absolute atomic E-state index is 0.0322. The third-order valence-electron chi connectivity index (χ3n) is 4.46. The SMILES string of the molecule is Cc1nc(CCOc2cccc(CN(CC(=O)O)C(=O)Oc3cccc(Cl)c3)c2)c(C)o1. The topological polar surface area (TPSA) is 102 Å². The fraction of sp³-hybridized carbons (Fsp3) is 0.261. The summed E-state index contributed by atoms with van der Waals surface area (Å²) in [6.45, 7) is 3.56. The van der Waals surface area contributed by atoms with Gasteiger partial charge in [-0.1, -0.05) is 29.8 Å². The molecule has 168 valence electrons. The van der Waals surface area contributed by atoms with Crippen LogP contribution in [0, 0.1) is 13.8 Å². The molecule has 32 heavy (non-hydrogen) atoms. The Kier molecular flexibility index (Phi) is 7.72. The Bertz CT molecular complexity index is 1100. The van der Waals surface area contributed by atoms with Crippen molar-refractivity contribution in [3.63, 3.8) is 0 Å². The Morgan fingerprint density at radius 1 is 1.12 bits per heavy atom. The molecule has 1 amide bonds. The molecular formula is C23H23ClN2O6. The van der Waals surface area contributed by atoms with Crippen molar-refractivity contribution in [2.75, 3.05) is 13.2 Å². The first-order valence-corrected chi connectivity index (χ1v) is 10.3. The zero-order chi connectivity index (χ0) is 23.1. The van der Waals surface area contributed by atoms with E-state index in [-0.39, 0.29) is 12.3 Å². The number of aryl methyl sites for hydroxylation is 2. The van der Waals surface area contributed by atoms with Gasteiger partial charge in [-0.05, 0) is 42.8 Å². The van der Waals surface area contributed by atoms with Gasteiger partial charge in [0.1, 0.15) is 23.8 Å². The quantitative estimate of drug-likeness (QED) is 0.497. The fourth-order valence-corrected chi connectivity index (χ4v) is 3.25. The van der Waals surface area contributed by atoms with E-state index in [0.29, 0.717) is 35.3 Å². The molecule has 0 atom stereocenters. The molecule has 0 radical (unpaired) electrons. The molecule has 2 aromatic carbocycles. The Morgan fingerprint density at radius 2 is 1.88 bits per heavy atom. The molecule has 0 aliphatic heterocycles. The van der Waals surface area contributed by atoms with E-state index in [4.69, 9.17) is 25.5 Å². The minimum atomic E-state index is -1.15. The van der Waals surface area contributed by atoms with E-state index in [9.17, 15) is 14.7 Å². The summed E-state index contributed by atoms with van der Waals surface area (Å²) in [5, 5.41) is 9.62. The summed E-state index contributed by atoms with van der Waals surface area (Å²) in [6, 6.07) is 13.4. The summed E-state index contributed by atoms with van der Waals surface area (Å²) in [5.41, 5.74) is 1.54. The second-order valence-electron chi connectivity index (χ2n) is 7.06. The standard InChI is InChI=1S/C23H23ClN2O6/c1-15-21(25-16(2)31-15)9-10-30-19-7-3-5-17(11-19)13-26(14-22(27)28)23(29)32-20-8-4-6-18(24)12-20/h3-8,11-12H,9-10,13-14H2,1-2H3,(H,27,28). The van der Waals surface area contributed by atoms with Crippen molar-refractivity contribution in [1.29, 1.82) is 0 Å². The van der Waals surface area contributed by atoms with Crippen LogP contribution in [0.3, 0.4) is 0 Å². The van der Waals surface area contributed by atoms with Gasteiger partial charge in [-0.25, -0.2) is 9.78 Å². The highest BCUT2D eigenvalue weighted by molar-refractivity contribution is 6.30. The second kappa shape index (κ2) is 10.7. The molecule has 0 aliphatic carbocycles. The average molecular weight is 459 g/mol. The monoisotopic (exact) mass is 458 g/mol. The molecule has 3 rings (SSSR count). The summed E-state index contributed by atoms with van der Waals surface area (Å²) < 4.78 is 16.5. The summed E-state index contributed by atoms with van der Waals surface area (Å²) in [4.78, 5) is 29.2. The normalized spacial score (nSPS) is 10.6. The first-order chi connectivity index (χ1) is 15.3. The van der Waals surface area contributed by atoms with E-state index in [2.05, 4.69) is 4.98 Å². The Hall–Kier alpha value is -3.52. The summed E-state index contributed by atoms with van der Waals surface area (Å²) in [7, 11) is 0. The maximum Gasteiger partial charge on any atom is 0.416 e. The van der Waals surface area contributed by atoms with Gasteiger partial charge in [0, 0.05) is 24.9 Å². The highest BCUT2D eigenvalue weighted by Gasteiger charge is 2.20. The van der Waals surface area contributed by atoms with Crippen LogP contribution < -0.4 is 9.47 Å². The first kappa shape index (κ1) is 23.1. The molecule has 1 heterocycles. The number of halogens is 1. The lowest BCUT2D eigenvalue weighted by atomic mass is 10.2. The molecule has 0 spiro atoms. The lowest BCUT2D eigenvalue weighted by Crippen LogP contribution is -2.37. The Morgan fingerprint density at radius 3 is 2.56 bits per heavy atom. The number of aromatic nitrogens is 1. The highest BCUT2D eigenvalue weighted by atomic mass is 35.5. The van der Waals surface area contributed by atoms with Crippen molar-refractivity contribution < 1.29 is 28.6 Å². The minimum Gasteiger partial charge on any atom is -0.493 e. The fourth-order valence-electron chi connectivity index (χ4n) is 3.07. The number of hydrogen-bond donors (Lipinski definition) is 1. The number of carbonyl (C=O) groups is 2. The first-order valence-electron chi connectivity index (χ1n) is 9.89. The van der Waals surface area contributed by atoms with Gasteiger partial charge in [-0.3, -0.25) is 9.69 Å². The number of benzene rings is 2. The van der Waals surface area contributed by atoms with E-state index in [1.807, 2.05) is 6.92 Å². The Labute approximate surface area is 190 Å². The third-order valence-corrected chi connectivity index (χ3v) is 4.70. The van der Waals surface area contributed by atoms with E-state index in [0.717, 1.165) is 16.4 Å². The molecule has 0 bridgehead atoms. The van der Waals surface area contributed by atoms with Gasteiger partial charge in [-0.2, -0.15) is 0 Å². The molecule has 0 unspecified atom stereocenters. The van der Waals surface area contributed by atoms with Crippen molar-refractivity contribution in [1.82, 2.24) is 9.88 Å². The molecule has 0 saturated heterocycles. The lowest BCUT2D eigenvalue weighted by molar-refractivity contribution is -0.138. The second-order valence-corrected chi connectivity index (χ2v) is 7.49. The van der Waals surface area contributed by atoms with Crippen molar-refractivity contribution >= 4 is 23.7 Å². The number of amides is 1. The van der Waals surface area contributed by atoms with Gasteiger partial charge in [0.25, 0.3) is 0 Å². The Balaban J connectivity index is 1.63. The summed E-state index contributed by atoms with van der Waals surface area (Å²) in [5.74, 6) is 1.05. The molecular weight excluding hydrogens is 436 g/mol. The smallest absolute Gasteiger partial charge is 0.416 e. The third kappa shape index (κ3) is 6.75. The van der Waals surface area contributed by atoms with Gasteiger partial charge in [-0.15, -0.1) is 0 Å².